The van der Waals surface area contributed by atoms with Gasteiger partial charge in [-0.25, -0.2) is 4.98 Å². The molecule has 1 aromatic heterocycles. The molecule has 1 saturated heterocycles. The van der Waals surface area contributed by atoms with Crippen LogP contribution in [0, 0.1) is 12.8 Å². The third-order valence-corrected chi connectivity index (χ3v) is 4.73. The maximum atomic E-state index is 10.6. The number of rotatable bonds is 2. The first-order valence-electron chi connectivity index (χ1n) is 7.01. The van der Waals surface area contributed by atoms with Crippen molar-refractivity contribution in [1.82, 2.24) is 9.88 Å². The Morgan fingerprint density at radius 2 is 2.39 bits per heavy atom. The zero-order valence-corrected chi connectivity index (χ0v) is 11.1. The van der Waals surface area contributed by atoms with Gasteiger partial charge in [-0.05, 0) is 26.2 Å². The van der Waals surface area contributed by atoms with Gasteiger partial charge in [0.25, 0.3) is 0 Å². The van der Waals surface area contributed by atoms with Crippen LogP contribution < -0.4 is 0 Å². The van der Waals surface area contributed by atoms with Crippen molar-refractivity contribution < 1.29 is 9.52 Å². The van der Waals surface area contributed by atoms with Gasteiger partial charge in [-0.3, -0.25) is 4.90 Å². The van der Waals surface area contributed by atoms with Crippen molar-refractivity contribution in [2.45, 2.75) is 51.2 Å². The molecule has 2 fully saturated rings. The van der Waals surface area contributed by atoms with Gasteiger partial charge in [0.2, 0.25) is 0 Å². The van der Waals surface area contributed by atoms with E-state index in [9.17, 15) is 5.11 Å². The second-order valence-corrected chi connectivity index (χ2v) is 5.89. The van der Waals surface area contributed by atoms with Gasteiger partial charge in [-0.1, -0.05) is 12.8 Å². The van der Waals surface area contributed by atoms with Crippen molar-refractivity contribution >= 4 is 0 Å². The molecule has 1 aromatic rings. The Morgan fingerprint density at radius 3 is 3.17 bits per heavy atom. The van der Waals surface area contributed by atoms with Crippen LogP contribution in [0.5, 0.6) is 0 Å². The van der Waals surface area contributed by atoms with Gasteiger partial charge in [-0.2, -0.15) is 0 Å². The average molecular weight is 250 g/mol. The molecule has 2 aliphatic rings. The van der Waals surface area contributed by atoms with E-state index < -0.39 is 0 Å². The van der Waals surface area contributed by atoms with Gasteiger partial charge < -0.3 is 9.52 Å². The first-order valence-corrected chi connectivity index (χ1v) is 7.01. The Labute approximate surface area is 108 Å². The van der Waals surface area contributed by atoms with Crippen LogP contribution in [0.2, 0.25) is 0 Å². The summed E-state index contributed by atoms with van der Waals surface area (Å²) in [6.45, 7) is 4.79. The number of likely N-dealkylation sites (tertiary alicyclic amines) is 1. The molecule has 0 amide bonds. The molecule has 2 heterocycles. The summed E-state index contributed by atoms with van der Waals surface area (Å²) in [5.41, 5.74) is 0.657. The van der Waals surface area contributed by atoms with Crippen LogP contribution in [-0.2, 0) is 6.54 Å². The van der Waals surface area contributed by atoms with Gasteiger partial charge in [0.15, 0.2) is 6.39 Å². The maximum Gasteiger partial charge on any atom is 0.181 e. The lowest BCUT2D eigenvalue weighted by molar-refractivity contribution is -0.0969. The van der Waals surface area contributed by atoms with Crippen molar-refractivity contribution in [3.05, 3.63) is 17.8 Å². The number of nitrogens with zero attached hydrogens (tertiary/aromatic N) is 2. The lowest BCUT2D eigenvalue weighted by Gasteiger charge is -2.47. The highest BCUT2D eigenvalue weighted by Gasteiger charge is 2.42. The highest BCUT2D eigenvalue weighted by molar-refractivity contribution is 5.05. The zero-order valence-electron chi connectivity index (χ0n) is 11.1. The third-order valence-electron chi connectivity index (χ3n) is 4.73. The summed E-state index contributed by atoms with van der Waals surface area (Å²) in [7, 11) is 0. The number of oxazole rings is 1. The summed E-state index contributed by atoms with van der Waals surface area (Å²) in [5, 5.41) is 10.6. The molecule has 0 aromatic carbocycles. The highest BCUT2D eigenvalue weighted by atomic mass is 16.3. The van der Waals surface area contributed by atoms with Crippen molar-refractivity contribution in [3.8, 4) is 0 Å². The fourth-order valence-corrected chi connectivity index (χ4v) is 3.48. The maximum absolute atomic E-state index is 10.6. The fourth-order valence-electron chi connectivity index (χ4n) is 3.48. The minimum atomic E-state index is -0.381. The van der Waals surface area contributed by atoms with Crippen LogP contribution >= 0.6 is 0 Å². The molecule has 4 nitrogen and oxygen atoms in total. The number of hydrogen-bond acceptors (Lipinski definition) is 4. The molecule has 2 atom stereocenters. The van der Waals surface area contributed by atoms with Gasteiger partial charge in [0, 0.05) is 25.6 Å². The molecular formula is C14H22N2O2. The third kappa shape index (κ3) is 2.19. The molecule has 18 heavy (non-hydrogen) atoms. The summed E-state index contributed by atoms with van der Waals surface area (Å²) in [5.74, 6) is 1.37. The molecule has 100 valence electrons. The molecule has 1 saturated carbocycles. The summed E-state index contributed by atoms with van der Waals surface area (Å²) in [4.78, 5) is 6.67. The molecule has 1 aliphatic carbocycles. The van der Waals surface area contributed by atoms with E-state index in [1.807, 2.05) is 6.92 Å². The van der Waals surface area contributed by atoms with Crippen LogP contribution in [0.25, 0.3) is 0 Å². The van der Waals surface area contributed by atoms with E-state index in [1.54, 1.807) is 0 Å². The average Bonchev–Trinajstić information content (AvgIpc) is 2.75. The van der Waals surface area contributed by atoms with Gasteiger partial charge in [0.05, 0.1) is 11.3 Å². The molecule has 2 unspecified atom stereocenters. The van der Waals surface area contributed by atoms with Gasteiger partial charge >= 0.3 is 0 Å². The lowest BCUT2D eigenvalue weighted by atomic mass is 9.71. The Balaban J connectivity index is 1.65. The Morgan fingerprint density at radius 1 is 1.50 bits per heavy atom. The summed E-state index contributed by atoms with van der Waals surface area (Å²) in [6, 6.07) is 0. The standard InChI is InChI=1S/C14H22N2O2/c1-11-13(15-10-18-11)9-16-7-6-14(17)5-3-2-4-12(14)8-16/h10,12,17H,2-9H2,1H3. The minimum absolute atomic E-state index is 0.381. The largest absolute Gasteiger partial charge is 0.448 e. The molecule has 0 radical (unpaired) electrons. The predicted octanol–water partition coefficient (Wildman–Crippen LogP) is 2.11. The van der Waals surface area contributed by atoms with E-state index in [4.69, 9.17) is 4.42 Å². The molecule has 1 N–H and O–H groups in total. The first kappa shape index (κ1) is 12.2. The second kappa shape index (κ2) is 4.67. The van der Waals surface area contributed by atoms with E-state index in [-0.39, 0.29) is 5.60 Å². The van der Waals surface area contributed by atoms with Crippen molar-refractivity contribution in [2.24, 2.45) is 5.92 Å². The quantitative estimate of drug-likeness (QED) is 0.873. The summed E-state index contributed by atoms with van der Waals surface area (Å²) in [6.07, 6.45) is 7.05. The van der Waals surface area contributed by atoms with E-state index >= 15 is 0 Å². The van der Waals surface area contributed by atoms with Gasteiger partial charge in [-0.15, -0.1) is 0 Å². The number of aryl methyl sites for hydroxylation is 1. The van der Waals surface area contributed by atoms with Crippen LogP contribution in [0.3, 0.4) is 0 Å². The van der Waals surface area contributed by atoms with Crippen LogP contribution in [-0.4, -0.2) is 33.7 Å². The number of aromatic nitrogens is 1. The Kier molecular flexibility index (Phi) is 3.16. The van der Waals surface area contributed by atoms with Crippen molar-refractivity contribution in [1.29, 1.82) is 0 Å². The van der Waals surface area contributed by atoms with E-state index in [0.717, 1.165) is 43.9 Å². The Bertz CT molecular complexity index is 418. The summed E-state index contributed by atoms with van der Waals surface area (Å²) >= 11 is 0. The van der Waals surface area contributed by atoms with Crippen molar-refractivity contribution in [2.75, 3.05) is 13.1 Å². The molecule has 4 heteroatoms. The molecular weight excluding hydrogens is 228 g/mol. The Hall–Kier alpha value is -0.870. The van der Waals surface area contributed by atoms with Crippen molar-refractivity contribution in [3.63, 3.8) is 0 Å². The molecule has 1 aliphatic heterocycles. The number of piperidine rings is 1. The monoisotopic (exact) mass is 250 g/mol. The zero-order chi connectivity index (χ0) is 12.6. The van der Waals surface area contributed by atoms with Crippen LogP contribution in [0.4, 0.5) is 0 Å². The van der Waals surface area contributed by atoms with E-state index in [0.29, 0.717) is 5.92 Å². The molecule has 3 rings (SSSR count). The van der Waals surface area contributed by atoms with E-state index in [2.05, 4.69) is 9.88 Å². The van der Waals surface area contributed by atoms with Crippen LogP contribution in [0.15, 0.2) is 10.8 Å². The fraction of sp³-hybridized carbons (Fsp3) is 0.786. The van der Waals surface area contributed by atoms with Crippen LogP contribution in [0.1, 0.15) is 43.6 Å². The summed E-state index contributed by atoms with van der Waals surface area (Å²) < 4.78 is 5.25. The smallest absolute Gasteiger partial charge is 0.181 e. The highest BCUT2D eigenvalue weighted by Crippen LogP contribution is 2.40. The molecule has 0 bridgehead atoms. The number of hydrogen-bond donors (Lipinski definition) is 1. The lowest BCUT2D eigenvalue weighted by Crippen LogP contribution is -2.53. The number of fused-ring (bicyclic) bond motifs is 1. The molecule has 0 spiro atoms. The number of aliphatic hydroxyl groups is 1. The van der Waals surface area contributed by atoms with Gasteiger partial charge in [0.1, 0.15) is 5.76 Å². The topological polar surface area (TPSA) is 49.5 Å². The first-order chi connectivity index (χ1) is 8.67. The predicted molar refractivity (Wildman–Crippen MR) is 68.0 cm³/mol. The normalized spacial score (nSPS) is 33.3. The second-order valence-electron chi connectivity index (χ2n) is 5.89. The SMILES string of the molecule is Cc1ocnc1CN1CCC2(O)CCCCC2C1. The van der Waals surface area contributed by atoms with E-state index in [1.165, 1.54) is 25.7 Å². The minimum Gasteiger partial charge on any atom is -0.448 e.